The number of nitrogens with one attached hydrogen (secondary N) is 1. The number of hydrazone groups is 1. The smallest absolute Gasteiger partial charge is 0.244 e. The summed E-state index contributed by atoms with van der Waals surface area (Å²) < 4.78 is 10.5. The van der Waals surface area contributed by atoms with Crippen LogP contribution in [0.4, 0.5) is 0 Å². The van der Waals surface area contributed by atoms with Gasteiger partial charge in [0.15, 0.2) is 11.5 Å². The van der Waals surface area contributed by atoms with E-state index in [9.17, 15) is 4.79 Å². The van der Waals surface area contributed by atoms with Crippen molar-refractivity contribution in [2.24, 2.45) is 5.10 Å². The first-order valence-corrected chi connectivity index (χ1v) is 6.95. The fraction of sp³-hybridized carbons (Fsp3) is 0.118. The van der Waals surface area contributed by atoms with Crippen LogP contribution in [0.5, 0.6) is 11.5 Å². The summed E-state index contributed by atoms with van der Waals surface area (Å²) in [6.07, 6.45) is 1.72. The maximum atomic E-state index is 11.9. The summed E-state index contributed by atoms with van der Waals surface area (Å²) in [5, 5.41) is 12.6. The number of carbonyl (C=O) groups is 1. The Morgan fingerprint density at radius 1 is 1.22 bits per heavy atom. The summed E-state index contributed by atoms with van der Waals surface area (Å²) in [7, 11) is 0. The second-order valence-electron chi connectivity index (χ2n) is 4.89. The minimum Gasteiger partial charge on any atom is -0.454 e. The van der Waals surface area contributed by atoms with E-state index in [1.807, 2.05) is 12.1 Å². The van der Waals surface area contributed by atoms with Gasteiger partial charge in [-0.05, 0) is 35.4 Å². The molecule has 0 aliphatic carbocycles. The van der Waals surface area contributed by atoms with Crippen molar-refractivity contribution in [1.82, 2.24) is 5.43 Å². The molecule has 1 N–H and O–H groups in total. The zero-order valence-electron chi connectivity index (χ0n) is 12.2. The van der Waals surface area contributed by atoms with E-state index in [1.165, 1.54) is 6.21 Å². The number of benzene rings is 2. The summed E-state index contributed by atoms with van der Waals surface area (Å²) in [5.74, 6) is 1.11. The lowest BCUT2D eigenvalue weighted by Gasteiger charge is -2.02. The number of nitrogens with zero attached hydrogens (tertiary/aromatic N) is 2. The van der Waals surface area contributed by atoms with Gasteiger partial charge in [0.05, 0.1) is 24.3 Å². The van der Waals surface area contributed by atoms with Gasteiger partial charge in [-0.25, -0.2) is 5.43 Å². The second kappa shape index (κ2) is 6.62. The highest BCUT2D eigenvalue weighted by molar-refractivity contribution is 5.83. The molecule has 0 aromatic heterocycles. The molecule has 1 aliphatic heterocycles. The Morgan fingerprint density at radius 2 is 2.00 bits per heavy atom. The lowest BCUT2D eigenvalue weighted by atomic mass is 10.1. The molecule has 0 saturated carbocycles. The van der Waals surface area contributed by atoms with Crippen LogP contribution in [0.25, 0.3) is 0 Å². The second-order valence-corrected chi connectivity index (χ2v) is 4.89. The standard InChI is InChI=1S/C17H13N3O3/c18-9-12-1-3-13(4-2-12)10-19-20-17(21)8-14-5-6-15-16(7-14)23-11-22-15/h1-7,10H,8,11H2,(H,20,21)/b19-10-. The molecule has 6 heteroatoms. The van der Waals surface area contributed by atoms with Gasteiger partial charge in [-0.3, -0.25) is 4.79 Å². The third-order valence-corrected chi connectivity index (χ3v) is 3.24. The van der Waals surface area contributed by atoms with Gasteiger partial charge in [-0.1, -0.05) is 18.2 Å². The summed E-state index contributed by atoms with van der Waals surface area (Å²) in [5.41, 5.74) is 4.67. The Balaban J connectivity index is 1.55. The molecule has 0 unspecified atom stereocenters. The molecule has 114 valence electrons. The maximum Gasteiger partial charge on any atom is 0.244 e. The molecule has 1 heterocycles. The molecule has 1 amide bonds. The van der Waals surface area contributed by atoms with Crippen molar-refractivity contribution in [2.75, 3.05) is 6.79 Å². The van der Waals surface area contributed by atoms with Crippen molar-refractivity contribution in [3.8, 4) is 17.6 Å². The van der Waals surface area contributed by atoms with Gasteiger partial charge in [-0.2, -0.15) is 10.4 Å². The van der Waals surface area contributed by atoms with E-state index in [0.717, 1.165) is 11.1 Å². The van der Waals surface area contributed by atoms with Crippen LogP contribution in [0.2, 0.25) is 0 Å². The molecule has 0 fully saturated rings. The number of nitriles is 1. The highest BCUT2D eigenvalue weighted by Gasteiger charge is 2.14. The van der Waals surface area contributed by atoms with Crippen LogP contribution in [-0.2, 0) is 11.2 Å². The van der Waals surface area contributed by atoms with Gasteiger partial charge in [0.25, 0.3) is 0 Å². The first-order valence-electron chi connectivity index (χ1n) is 6.95. The fourth-order valence-corrected chi connectivity index (χ4v) is 2.10. The first-order chi connectivity index (χ1) is 11.2. The molecule has 2 aromatic carbocycles. The van der Waals surface area contributed by atoms with E-state index in [0.29, 0.717) is 17.1 Å². The predicted octanol–water partition coefficient (Wildman–Crippen LogP) is 1.98. The molecular weight excluding hydrogens is 294 g/mol. The third-order valence-electron chi connectivity index (χ3n) is 3.24. The SMILES string of the molecule is N#Cc1ccc(/C=N\NC(=O)Cc2ccc3c(c2)OCO3)cc1. The molecule has 0 spiro atoms. The molecule has 0 bridgehead atoms. The number of rotatable bonds is 4. The van der Waals surface area contributed by atoms with E-state index in [1.54, 1.807) is 36.4 Å². The molecule has 2 aromatic rings. The van der Waals surface area contributed by atoms with Crippen LogP contribution in [0.15, 0.2) is 47.6 Å². The van der Waals surface area contributed by atoms with Gasteiger partial charge in [-0.15, -0.1) is 0 Å². The summed E-state index contributed by atoms with van der Waals surface area (Å²) in [4.78, 5) is 11.9. The minimum absolute atomic E-state index is 0.196. The van der Waals surface area contributed by atoms with Gasteiger partial charge in [0, 0.05) is 0 Å². The quantitative estimate of drug-likeness (QED) is 0.691. The zero-order valence-corrected chi connectivity index (χ0v) is 12.2. The average Bonchev–Trinajstić information content (AvgIpc) is 3.03. The molecule has 23 heavy (non-hydrogen) atoms. The van der Waals surface area contributed by atoms with E-state index in [4.69, 9.17) is 14.7 Å². The Morgan fingerprint density at radius 3 is 2.78 bits per heavy atom. The van der Waals surface area contributed by atoms with Crippen LogP contribution in [0, 0.1) is 11.3 Å². The van der Waals surface area contributed by atoms with Crippen LogP contribution in [0.3, 0.4) is 0 Å². The highest BCUT2D eigenvalue weighted by Crippen LogP contribution is 2.32. The highest BCUT2D eigenvalue weighted by atomic mass is 16.7. The molecule has 0 atom stereocenters. The number of ether oxygens (including phenoxy) is 2. The van der Waals surface area contributed by atoms with Crippen molar-refractivity contribution in [2.45, 2.75) is 6.42 Å². The molecule has 3 rings (SSSR count). The lowest BCUT2D eigenvalue weighted by Crippen LogP contribution is -2.19. The minimum atomic E-state index is -0.228. The van der Waals surface area contributed by atoms with Crippen LogP contribution in [0.1, 0.15) is 16.7 Å². The van der Waals surface area contributed by atoms with Crippen LogP contribution in [-0.4, -0.2) is 18.9 Å². The average molecular weight is 307 g/mol. The van der Waals surface area contributed by atoms with E-state index < -0.39 is 0 Å². The molecule has 0 saturated heterocycles. The molecule has 1 aliphatic rings. The molecule has 0 radical (unpaired) electrons. The largest absolute Gasteiger partial charge is 0.454 e. The number of carbonyl (C=O) groups excluding carboxylic acids is 1. The van der Waals surface area contributed by atoms with Gasteiger partial charge < -0.3 is 9.47 Å². The van der Waals surface area contributed by atoms with Crippen molar-refractivity contribution >= 4 is 12.1 Å². The van der Waals surface area contributed by atoms with Crippen molar-refractivity contribution in [3.05, 3.63) is 59.2 Å². The Labute approximate surface area is 133 Å². The van der Waals surface area contributed by atoms with Crippen LogP contribution < -0.4 is 14.9 Å². The van der Waals surface area contributed by atoms with E-state index in [2.05, 4.69) is 10.5 Å². The van der Waals surface area contributed by atoms with Crippen molar-refractivity contribution in [1.29, 1.82) is 5.26 Å². The number of hydrogen-bond acceptors (Lipinski definition) is 5. The Kier molecular flexibility index (Phi) is 4.20. The molecule has 6 nitrogen and oxygen atoms in total. The van der Waals surface area contributed by atoms with Crippen molar-refractivity contribution < 1.29 is 14.3 Å². The maximum absolute atomic E-state index is 11.9. The lowest BCUT2D eigenvalue weighted by molar-refractivity contribution is -0.120. The van der Waals surface area contributed by atoms with E-state index in [-0.39, 0.29) is 19.1 Å². The summed E-state index contributed by atoms with van der Waals surface area (Å²) in [6, 6.07) is 14.3. The fourth-order valence-electron chi connectivity index (χ4n) is 2.10. The summed E-state index contributed by atoms with van der Waals surface area (Å²) >= 11 is 0. The molecular formula is C17H13N3O3. The Bertz CT molecular complexity index is 792. The van der Waals surface area contributed by atoms with Gasteiger partial charge >= 0.3 is 0 Å². The van der Waals surface area contributed by atoms with Crippen LogP contribution >= 0.6 is 0 Å². The van der Waals surface area contributed by atoms with E-state index >= 15 is 0 Å². The van der Waals surface area contributed by atoms with Gasteiger partial charge in [0.2, 0.25) is 12.7 Å². The number of hydrogen-bond donors (Lipinski definition) is 1. The topological polar surface area (TPSA) is 83.7 Å². The number of amides is 1. The monoisotopic (exact) mass is 307 g/mol. The zero-order chi connectivity index (χ0) is 16.1. The third kappa shape index (κ3) is 3.66. The normalized spacial score (nSPS) is 12.1. The first kappa shape index (κ1) is 14.6. The van der Waals surface area contributed by atoms with Gasteiger partial charge in [0.1, 0.15) is 0 Å². The number of fused-ring (bicyclic) bond motifs is 1. The Hall–Kier alpha value is -3.33. The van der Waals surface area contributed by atoms with Crippen molar-refractivity contribution in [3.63, 3.8) is 0 Å². The summed E-state index contributed by atoms with van der Waals surface area (Å²) in [6.45, 7) is 0.208. The predicted molar refractivity (Wildman–Crippen MR) is 83.2 cm³/mol.